The molecule has 5 aromatic rings. The largest absolute Gasteiger partial charge is 0.371 e. The van der Waals surface area contributed by atoms with E-state index in [9.17, 15) is 0 Å². The fourth-order valence-electron chi connectivity index (χ4n) is 7.15. The summed E-state index contributed by atoms with van der Waals surface area (Å²) in [5.41, 5.74) is 8.84. The highest BCUT2D eigenvalue weighted by Gasteiger charge is 2.48. The Labute approximate surface area is 245 Å². The number of hydrogen-bond donors (Lipinski definition) is 0. The Morgan fingerprint density at radius 2 is 1.41 bits per heavy atom. The van der Waals surface area contributed by atoms with E-state index >= 15 is 0 Å². The van der Waals surface area contributed by atoms with Gasteiger partial charge in [-0.2, -0.15) is 0 Å². The lowest BCUT2D eigenvalue weighted by atomic mass is 9.92. The first-order valence-corrected chi connectivity index (χ1v) is 15.0. The standard InChI is InChI=1S/C36H44N5/c1-24(2)28-16-14-17-29(25(3)4)34(28)39-22-21-37(8)35(39)40-26(5)41(32-20-13-12-19-31(32)40)36(6,7)33-23-27-15-10-11-18-30(27)38(33)9/h10-26H,1-9H3/q+1/t26-/m1/s1. The van der Waals surface area contributed by atoms with Crippen molar-refractivity contribution in [3.63, 3.8) is 0 Å². The number of nitrogens with zero attached hydrogens (tertiary/aromatic N) is 5. The average molecular weight is 547 g/mol. The van der Waals surface area contributed by atoms with E-state index in [0.29, 0.717) is 11.8 Å². The Morgan fingerprint density at radius 1 is 0.805 bits per heavy atom. The Morgan fingerprint density at radius 3 is 2.05 bits per heavy atom. The SMILES string of the molecule is CC(C)c1cccc(C(C)C)c1-n1cc[n+](C)c1N1c2ccccc2N(C(C)(C)c2cc3ccccc3n2C)[C@@H]1C. The van der Waals surface area contributed by atoms with Crippen molar-refractivity contribution in [1.29, 1.82) is 0 Å². The second kappa shape index (κ2) is 9.83. The number of fused-ring (bicyclic) bond motifs is 2. The van der Waals surface area contributed by atoms with E-state index in [-0.39, 0.29) is 11.7 Å². The van der Waals surface area contributed by atoms with Crippen molar-refractivity contribution >= 4 is 28.2 Å². The molecule has 3 aromatic carbocycles. The van der Waals surface area contributed by atoms with Crippen molar-refractivity contribution in [2.45, 2.75) is 72.0 Å². The Bertz CT molecular complexity index is 1710. The molecule has 0 N–H and O–H groups in total. The van der Waals surface area contributed by atoms with Crippen LogP contribution in [0.4, 0.5) is 17.3 Å². The predicted molar refractivity (Wildman–Crippen MR) is 172 cm³/mol. The van der Waals surface area contributed by atoms with Crippen LogP contribution in [0.15, 0.2) is 85.2 Å². The van der Waals surface area contributed by atoms with Crippen LogP contribution < -0.4 is 14.4 Å². The maximum absolute atomic E-state index is 2.60. The molecule has 0 radical (unpaired) electrons. The van der Waals surface area contributed by atoms with Gasteiger partial charge in [-0.25, -0.2) is 14.0 Å². The third-order valence-corrected chi connectivity index (χ3v) is 9.10. The highest BCUT2D eigenvalue weighted by molar-refractivity contribution is 5.85. The monoisotopic (exact) mass is 546 g/mol. The second-order valence-corrected chi connectivity index (χ2v) is 12.7. The number of hydrogen-bond acceptors (Lipinski definition) is 2. The third-order valence-electron chi connectivity index (χ3n) is 9.10. The lowest BCUT2D eigenvalue weighted by molar-refractivity contribution is -0.657. The van der Waals surface area contributed by atoms with Crippen LogP contribution in [0.25, 0.3) is 16.6 Å². The van der Waals surface area contributed by atoms with E-state index in [4.69, 9.17) is 0 Å². The molecule has 0 aliphatic carbocycles. The fourth-order valence-corrected chi connectivity index (χ4v) is 7.15. The molecule has 0 saturated heterocycles. The van der Waals surface area contributed by atoms with E-state index in [1.807, 2.05) is 0 Å². The molecular weight excluding hydrogens is 502 g/mol. The first-order valence-electron chi connectivity index (χ1n) is 15.0. The van der Waals surface area contributed by atoms with Crippen molar-refractivity contribution in [3.05, 3.63) is 102 Å². The van der Waals surface area contributed by atoms with Gasteiger partial charge in [0.05, 0.1) is 24.5 Å². The van der Waals surface area contributed by atoms with Gasteiger partial charge in [0.1, 0.15) is 17.6 Å². The summed E-state index contributed by atoms with van der Waals surface area (Å²) in [5, 5.41) is 1.28. The normalized spacial score (nSPS) is 15.5. The lowest BCUT2D eigenvalue weighted by Gasteiger charge is -2.40. The zero-order chi connectivity index (χ0) is 29.2. The summed E-state index contributed by atoms with van der Waals surface area (Å²) in [6, 6.07) is 26.8. The van der Waals surface area contributed by atoms with Crippen molar-refractivity contribution in [1.82, 2.24) is 9.13 Å². The van der Waals surface area contributed by atoms with E-state index in [1.54, 1.807) is 0 Å². The van der Waals surface area contributed by atoms with Crippen molar-refractivity contribution < 1.29 is 4.57 Å². The van der Waals surface area contributed by atoms with Crippen molar-refractivity contribution in [3.8, 4) is 5.69 Å². The van der Waals surface area contributed by atoms with Crippen LogP contribution in [-0.4, -0.2) is 15.3 Å². The zero-order valence-electron chi connectivity index (χ0n) is 26.1. The molecule has 0 amide bonds. The Balaban J connectivity index is 1.55. The number of rotatable bonds is 6. The van der Waals surface area contributed by atoms with Gasteiger partial charge in [0.2, 0.25) is 0 Å². The smallest absolute Gasteiger partial charge is 0.346 e. The third kappa shape index (κ3) is 4.08. The summed E-state index contributed by atoms with van der Waals surface area (Å²) in [7, 11) is 4.37. The first kappa shape index (κ1) is 27.2. The topological polar surface area (TPSA) is 20.2 Å². The summed E-state index contributed by atoms with van der Waals surface area (Å²) in [6.07, 6.45) is 4.52. The van der Waals surface area contributed by atoms with Gasteiger partial charge in [-0.05, 0) is 73.4 Å². The van der Waals surface area contributed by atoms with Crippen molar-refractivity contribution in [2.24, 2.45) is 14.1 Å². The second-order valence-electron chi connectivity index (χ2n) is 12.7. The van der Waals surface area contributed by atoms with Crippen LogP contribution in [0.1, 0.15) is 77.1 Å². The van der Waals surface area contributed by atoms with Gasteiger partial charge < -0.3 is 9.47 Å². The predicted octanol–water partition coefficient (Wildman–Crippen LogP) is 8.28. The highest BCUT2D eigenvalue weighted by Crippen LogP contribution is 2.50. The van der Waals surface area contributed by atoms with Gasteiger partial charge in [0.15, 0.2) is 6.17 Å². The quantitative estimate of drug-likeness (QED) is 0.200. The summed E-state index contributed by atoms with van der Waals surface area (Å²) in [6.45, 7) is 16.3. The molecule has 1 aliphatic heterocycles. The molecule has 212 valence electrons. The molecule has 1 aliphatic rings. The molecule has 0 unspecified atom stereocenters. The summed E-state index contributed by atoms with van der Waals surface area (Å²) in [5.74, 6) is 1.99. The number of aryl methyl sites for hydroxylation is 2. The number of aromatic nitrogens is 3. The molecular formula is C36H44N5+. The fraction of sp³-hybridized carbons (Fsp3) is 0.361. The molecule has 3 heterocycles. The number of anilines is 3. The molecule has 0 spiro atoms. The van der Waals surface area contributed by atoms with E-state index < -0.39 is 0 Å². The van der Waals surface area contributed by atoms with E-state index in [2.05, 4.69) is 171 Å². The molecule has 5 heteroatoms. The molecule has 41 heavy (non-hydrogen) atoms. The molecule has 0 fully saturated rings. The van der Waals surface area contributed by atoms with Gasteiger partial charge in [-0.1, -0.05) is 76.2 Å². The van der Waals surface area contributed by atoms with Gasteiger partial charge in [0.25, 0.3) is 0 Å². The minimum Gasteiger partial charge on any atom is -0.346 e. The minimum absolute atomic E-state index is 0.0778. The van der Waals surface area contributed by atoms with Crippen LogP contribution in [0, 0.1) is 0 Å². The van der Waals surface area contributed by atoms with Gasteiger partial charge in [-0.3, -0.25) is 0 Å². The lowest BCUT2D eigenvalue weighted by Crippen LogP contribution is -2.52. The van der Waals surface area contributed by atoms with E-state index in [0.717, 1.165) is 5.95 Å². The van der Waals surface area contributed by atoms with Crippen molar-refractivity contribution in [2.75, 3.05) is 9.80 Å². The highest BCUT2D eigenvalue weighted by atomic mass is 15.5. The maximum atomic E-state index is 2.60. The number of benzene rings is 3. The zero-order valence-corrected chi connectivity index (χ0v) is 26.1. The molecule has 0 bridgehead atoms. The van der Waals surface area contributed by atoms with Gasteiger partial charge in [-0.15, -0.1) is 0 Å². The Hall–Kier alpha value is -3.99. The molecule has 2 aromatic heterocycles. The van der Waals surface area contributed by atoms with Gasteiger partial charge in [0, 0.05) is 18.3 Å². The maximum Gasteiger partial charge on any atom is 0.371 e. The van der Waals surface area contributed by atoms with Gasteiger partial charge >= 0.3 is 5.95 Å². The van der Waals surface area contributed by atoms with Crippen LogP contribution in [0.2, 0.25) is 0 Å². The molecule has 6 rings (SSSR count). The minimum atomic E-state index is -0.271. The summed E-state index contributed by atoms with van der Waals surface area (Å²) < 4.78 is 7.08. The van der Waals surface area contributed by atoms with Crippen LogP contribution >= 0.6 is 0 Å². The Kier molecular flexibility index (Phi) is 6.52. The molecule has 0 saturated carbocycles. The number of para-hydroxylation sites is 4. The molecule has 5 nitrogen and oxygen atoms in total. The first-order chi connectivity index (χ1) is 19.5. The number of imidazole rings is 1. The molecule has 1 atom stereocenters. The average Bonchev–Trinajstić information content (AvgIpc) is 3.58. The van der Waals surface area contributed by atoms with Crippen LogP contribution in [0.3, 0.4) is 0 Å². The summed E-state index contributed by atoms with van der Waals surface area (Å²) in [4.78, 5) is 5.13. The van der Waals surface area contributed by atoms with E-state index in [1.165, 1.54) is 44.8 Å². The summed E-state index contributed by atoms with van der Waals surface area (Å²) >= 11 is 0. The van der Waals surface area contributed by atoms with Crippen LogP contribution in [0.5, 0.6) is 0 Å². The van der Waals surface area contributed by atoms with Crippen LogP contribution in [-0.2, 0) is 19.6 Å².